The Balaban J connectivity index is 1.48. The van der Waals surface area contributed by atoms with Crippen LogP contribution in [0.1, 0.15) is 198 Å². The molecule has 0 amide bonds. The Hall–Kier alpha value is -2.83. The highest BCUT2D eigenvalue weighted by Crippen LogP contribution is 2.53. The maximum absolute atomic E-state index is 13.9. The standard InChI is InChI=1S/C42H66O7/c1-3-5-7-9-11-13-15-17-19-21-23-25-27-29-32-36-35(31-34(43)37(32)44)49-41(48)42(36)39(46)33(38(45)40(42)47)30-28-26-24-22-20-18-16-14-12-10-8-6-4-2/h31,43-45H,3-30H2,1-2H3/t42-/m1/s1. The number of phenolic OH excluding ortho intramolecular Hbond substituents is 2. The fraction of sp³-hybridized carbons (Fsp3) is 0.738. The molecule has 0 aromatic heterocycles. The molecule has 0 radical (unpaired) electrons. The summed E-state index contributed by atoms with van der Waals surface area (Å²) in [5, 5.41) is 32.2. The zero-order chi connectivity index (χ0) is 35.5. The summed E-state index contributed by atoms with van der Waals surface area (Å²) in [6.45, 7) is 4.48. The number of phenols is 2. The van der Waals surface area contributed by atoms with Gasteiger partial charge in [-0.2, -0.15) is 0 Å². The van der Waals surface area contributed by atoms with Gasteiger partial charge in [0.25, 0.3) is 0 Å². The molecule has 7 heteroatoms. The molecule has 1 aromatic rings. The van der Waals surface area contributed by atoms with Gasteiger partial charge in [-0.3, -0.25) is 9.59 Å². The van der Waals surface area contributed by atoms with Crippen molar-refractivity contribution in [3.63, 3.8) is 0 Å². The SMILES string of the molecule is CCCCCCCCCCCCCCCC1=C(O)C(=O)[C@]2(C(=O)Oc3cc(O)c(O)c(CCCCCCCCCCCCCCC)c32)C1=O. The number of carbonyl (C=O) groups is 3. The van der Waals surface area contributed by atoms with Gasteiger partial charge >= 0.3 is 5.97 Å². The maximum Gasteiger partial charge on any atom is 0.338 e. The summed E-state index contributed by atoms with van der Waals surface area (Å²) in [7, 11) is 0. The number of aromatic hydroxyl groups is 2. The second-order valence-electron chi connectivity index (χ2n) is 14.7. The average Bonchev–Trinajstić information content (AvgIpc) is 3.48. The zero-order valence-electron chi connectivity index (χ0n) is 30.9. The molecular formula is C42H66O7. The van der Waals surface area contributed by atoms with E-state index in [0.29, 0.717) is 12.8 Å². The van der Waals surface area contributed by atoms with Gasteiger partial charge in [0, 0.05) is 22.8 Å². The minimum absolute atomic E-state index is 0.00588. The molecular weight excluding hydrogens is 616 g/mol. The molecule has 49 heavy (non-hydrogen) atoms. The molecule has 0 unspecified atom stereocenters. The van der Waals surface area contributed by atoms with Crippen LogP contribution in [0.3, 0.4) is 0 Å². The molecule has 3 rings (SSSR count). The molecule has 0 bridgehead atoms. The van der Waals surface area contributed by atoms with E-state index in [9.17, 15) is 29.7 Å². The summed E-state index contributed by atoms with van der Waals surface area (Å²) in [6, 6.07) is 1.09. The first kappa shape index (κ1) is 40.6. The number of fused-ring (bicyclic) bond motifs is 2. The van der Waals surface area contributed by atoms with Crippen LogP contribution in [0.2, 0.25) is 0 Å². The molecule has 1 aliphatic carbocycles. The molecule has 0 saturated heterocycles. The van der Waals surface area contributed by atoms with Crippen molar-refractivity contribution in [2.24, 2.45) is 0 Å². The monoisotopic (exact) mass is 682 g/mol. The highest BCUT2D eigenvalue weighted by molar-refractivity contribution is 6.42. The van der Waals surface area contributed by atoms with Crippen LogP contribution in [0.5, 0.6) is 17.2 Å². The molecule has 2 aliphatic rings. The Morgan fingerprint density at radius 2 is 0.918 bits per heavy atom. The van der Waals surface area contributed by atoms with E-state index in [1.165, 1.54) is 116 Å². The summed E-state index contributed by atoms with van der Waals surface area (Å²) in [6.07, 6.45) is 31.0. The molecule has 1 aliphatic heterocycles. The third-order valence-electron chi connectivity index (χ3n) is 10.7. The van der Waals surface area contributed by atoms with Gasteiger partial charge in [0.05, 0.1) is 0 Å². The highest BCUT2D eigenvalue weighted by Gasteiger charge is 2.67. The van der Waals surface area contributed by atoms with Crippen molar-refractivity contribution in [1.82, 2.24) is 0 Å². The summed E-state index contributed by atoms with van der Waals surface area (Å²) in [5.74, 6) is -4.48. The minimum Gasteiger partial charge on any atom is -0.504 e. The summed E-state index contributed by atoms with van der Waals surface area (Å²) in [4.78, 5) is 40.9. The number of rotatable bonds is 28. The lowest BCUT2D eigenvalue weighted by Crippen LogP contribution is -2.46. The van der Waals surface area contributed by atoms with E-state index in [0.717, 1.165) is 44.6 Å². The van der Waals surface area contributed by atoms with Gasteiger partial charge in [-0.1, -0.05) is 168 Å². The Labute approximate surface area is 296 Å². The van der Waals surface area contributed by atoms with E-state index in [-0.39, 0.29) is 35.3 Å². The van der Waals surface area contributed by atoms with Crippen LogP contribution in [-0.2, 0) is 26.2 Å². The van der Waals surface area contributed by atoms with E-state index in [4.69, 9.17) is 4.74 Å². The second-order valence-corrected chi connectivity index (χ2v) is 14.7. The molecule has 0 fully saturated rings. The number of unbranched alkanes of at least 4 members (excludes halogenated alkanes) is 24. The van der Waals surface area contributed by atoms with Crippen molar-refractivity contribution in [3.05, 3.63) is 28.5 Å². The van der Waals surface area contributed by atoms with Crippen LogP contribution in [0.4, 0.5) is 0 Å². The lowest BCUT2D eigenvalue weighted by Gasteiger charge is -2.20. The van der Waals surface area contributed by atoms with Crippen molar-refractivity contribution >= 4 is 17.5 Å². The first-order chi connectivity index (χ1) is 23.8. The summed E-state index contributed by atoms with van der Waals surface area (Å²) in [5.41, 5.74) is -2.20. The van der Waals surface area contributed by atoms with Gasteiger partial charge in [0.1, 0.15) is 5.75 Å². The van der Waals surface area contributed by atoms with Crippen molar-refractivity contribution < 1.29 is 34.4 Å². The lowest BCUT2D eigenvalue weighted by atomic mass is 9.73. The van der Waals surface area contributed by atoms with Gasteiger partial charge < -0.3 is 20.1 Å². The number of esters is 1. The zero-order valence-corrected chi connectivity index (χ0v) is 30.9. The number of ketones is 2. The summed E-state index contributed by atoms with van der Waals surface area (Å²) >= 11 is 0. The van der Waals surface area contributed by atoms with E-state index >= 15 is 0 Å². The number of Topliss-reactive ketones (excluding diaryl/α,β-unsaturated/α-hetero) is 2. The van der Waals surface area contributed by atoms with E-state index in [2.05, 4.69) is 13.8 Å². The Kier molecular flexibility index (Phi) is 18.3. The quantitative estimate of drug-likeness (QED) is 0.0264. The first-order valence-electron chi connectivity index (χ1n) is 20.1. The Morgan fingerprint density at radius 3 is 1.35 bits per heavy atom. The van der Waals surface area contributed by atoms with E-state index in [1.807, 2.05) is 0 Å². The normalized spacial score (nSPS) is 17.1. The number of aliphatic hydroxyl groups is 1. The maximum atomic E-state index is 13.9. The van der Waals surface area contributed by atoms with Crippen molar-refractivity contribution in [1.29, 1.82) is 0 Å². The molecule has 1 heterocycles. The number of benzene rings is 1. The Bertz CT molecular complexity index is 1230. The van der Waals surface area contributed by atoms with Crippen LogP contribution < -0.4 is 4.74 Å². The number of ether oxygens (including phenoxy) is 1. The fourth-order valence-corrected chi connectivity index (χ4v) is 7.74. The van der Waals surface area contributed by atoms with Crippen LogP contribution in [0.15, 0.2) is 17.4 Å². The first-order valence-corrected chi connectivity index (χ1v) is 20.1. The Morgan fingerprint density at radius 1 is 0.531 bits per heavy atom. The molecule has 276 valence electrons. The molecule has 1 atom stereocenters. The van der Waals surface area contributed by atoms with Crippen LogP contribution >= 0.6 is 0 Å². The number of carbonyl (C=O) groups excluding carboxylic acids is 3. The third-order valence-corrected chi connectivity index (χ3v) is 10.7. The number of hydrogen-bond acceptors (Lipinski definition) is 7. The van der Waals surface area contributed by atoms with Gasteiger partial charge in [0.2, 0.25) is 11.2 Å². The molecule has 7 nitrogen and oxygen atoms in total. The van der Waals surface area contributed by atoms with E-state index < -0.39 is 40.2 Å². The van der Waals surface area contributed by atoms with Crippen LogP contribution in [-0.4, -0.2) is 32.9 Å². The summed E-state index contributed by atoms with van der Waals surface area (Å²) < 4.78 is 5.41. The predicted octanol–water partition coefficient (Wildman–Crippen LogP) is 11.3. The van der Waals surface area contributed by atoms with Gasteiger partial charge in [0.15, 0.2) is 23.0 Å². The van der Waals surface area contributed by atoms with E-state index in [1.54, 1.807) is 0 Å². The molecule has 0 saturated carbocycles. The van der Waals surface area contributed by atoms with Crippen LogP contribution in [0.25, 0.3) is 0 Å². The van der Waals surface area contributed by atoms with Crippen molar-refractivity contribution in [2.45, 2.75) is 199 Å². The predicted molar refractivity (Wildman–Crippen MR) is 196 cm³/mol. The smallest absolute Gasteiger partial charge is 0.338 e. The highest BCUT2D eigenvalue weighted by atomic mass is 16.5. The number of hydrogen-bond donors (Lipinski definition) is 3. The topological polar surface area (TPSA) is 121 Å². The third kappa shape index (κ3) is 11.1. The average molecular weight is 683 g/mol. The second kappa shape index (κ2) is 22.1. The minimum atomic E-state index is -2.34. The van der Waals surface area contributed by atoms with Crippen molar-refractivity contribution in [2.75, 3.05) is 0 Å². The van der Waals surface area contributed by atoms with Gasteiger partial charge in [-0.25, -0.2) is 4.79 Å². The number of aliphatic hydroxyl groups excluding tert-OH is 1. The molecule has 1 spiro atoms. The fourth-order valence-electron chi connectivity index (χ4n) is 7.74. The van der Waals surface area contributed by atoms with Gasteiger partial charge in [-0.15, -0.1) is 0 Å². The largest absolute Gasteiger partial charge is 0.504 e. The van der Waals surface area contributed by atoms with Crippen molar-refractivity contribution in [3.8, 4) is 17.2 Å². The molecule has 1 aromatic carbocycles. The van der Waals surface area contributed by atoms with Crippen LogP contribution in [0, 0.1) is 0 Å². The number of allylic oxidation sites excluding steroid dienone is 2. The molecule has 3 N–H and O–H groups in total. The lowest BCUT2D eigenvalue weighted by molar-refractivity contribution is -0.146. The van der Waals surface area contributed by atoms with Gasteiger partial charge in [-0.05, 0) is 25.7 Å².